The Hall–Kier alpha value is -4.33. The van der Waals surface area contributed by atoms with Crippen LogP contribution in [0.1, 0.15) is 29.7 Å². The third-order valence-corrected chi connectivity index (χ3v) is 5.72. The van der Waals surface area contributed by atoms with Gasteiger partial charge in [-0.2, -0.15) is 0 Å². The van der Waals surface area contributed by atoms with Gasteiger partial charge in [-0.05, 0) is 47.9 Å². The predicted octanol–water partition coefficient (Wildman–Crippen LogP) is 4.67. The number of carbonyl (C=O) groups excluding carboxylic acids is 1. The van der Waals surface area contributed by atoms with Gasteiger partial charge >= 0.3 is 0 Å². The number of anilines is 1. The molecule has 1 unspecified atom stereocenters. The molecule has 0 spiro atoms. The molecule has 0 fully saturated rings. The van der Waals surface area contributed by atoms with Crippen molar-refractivity contribution in [3.8, 4) is 17.4 Å². The van der Waals surface area contributed by atoms with E-state index in [0.29, 0.717) is 28.5 Å². The lowest BCUT2D eigenvalue weighted by atomic mass is 9.92. The summed E-state index contributed by atoms with van der Waals surface area (Å²) in [6, 6.07) is 15.5. The summed E-state index contributed by atoms with van der Waals surface area (Å²) in [4.78, 5) is 18.1. The molecule has 0 aliphatic carbocycles. The highest BCUT2D eigenvalue weighted by Crippen LogP contribution is 2.29. The zero-order chi connectivity index (χ0) is 26.1. The Morgan fingerprint density at radius 2 is 1.86 bits per heavy atom. The minimum absolute atomic E-state index is 0.146. The van der Waals surface area contributed by atoms with Crippen LogP contribution in [0.3, 0.4) is 0 Å². The second-order valence-corrected chi connectivity index (χ2v) is 7.91. The molecule has 3 N–H and O–H groups in total. The molecular formula is C28H32N4O4. The van der Waals surface area contributed by atoms with Crippen LogP contribution >= 0.6 is 0 Å². The van der Waals surface area contributed by atoms with Gasteiger partial charge in [0, 0.05) is 48.4 Å². The maximum atomic E-state index is 13.9. The zero-order valence-corrected chi connectivity index (χ0v) is 21.2. The first kappa shape index (κ1) is 26.3. The lowest BCUT2D eigenvalue weighted by Crippen LogP contribution is -2.29. The number of aryl methyl sites for hydroxylation is 1. The van der Waals surface area contributed by atoms with Gasteiger partial charge in [0.25, 0.3) is 0 Å². The van der Waals surface area contributed by atoms with E-state index >= 15 is 0 Å². The van der Waals surface area contributed by atoms with Crippen molar-refractivity contribution in [2.24, 2.45) is 0 Å². The van der Waals surface area contributed by atoms with Crippen molar-refractivity contribution in [1.29, 1.82) is 5.41 Å². The van der Waals surface area contributed by atoms with Crippen LogP contribution in [0.5, 0.6) is 17.4 Å². The van der Waals surface area contributed by atoms with Crippen molar-refractivity contribution in [2.45, 2.75) is 19.4 Å². The van der Waals surface area contributed by atoms with Crippen LogP contribution in [0.25, 0.3) is 5.57 Å². The maximum Gasteiger partial charge on any atom is 0.212 e. The van der Waals surface area contributed by atoms with Crippen LogP contribution in [-0.2, 0) is 11.2 Å². The van der Waals surface area contributed by atoms with Gasteiger partial charge in [-0.1, -0.05) is 19.1 Å². The molecule has 1 heterocycles. The van der Waals surface area contributed by atoms with Crippen molar-refractivity contribution in [2.75, 3.05) is 33.7 Å². The normalized spacial score (nSPS) is 11.9. The molecule has 0 aliphatic heterocycles. The van der Waals surface area contributed by atoms with Gasteiger partial charge in [0.2, 0.25) is 11.7 Å². The molecule has 36 heavy (non-hydrogen) atoms. The van der Waals surface area contributed by atoms with Crippen molar-refractivity contribution in [3.63, 3.8) is 0 Å². The number of nitrogens with zero attached hydrogens (tertiary/aromatic N) is 1. The molecule has 0 bridgehead atoms. The highest BCUT2D eigenvalue weighted by atomic mass is 16.5. The first-order valence-corrected chi connectivity index (χ1v) is 11.5. The lowest BCUT2D eigenvalue weighted by molar-refractivity contribution is -0.113. The van der Waals surface area contributed by atoms with Crippen molar-refractivity contribution in [1.82, 2.24) is 10.3 Å². The summed E-state index contributed by atoms with van der Waals surface area (Å²) in [5.41, 5.74) is 3.33. The van der Waals surface area contributed by atoms with E-state index in [9.17, 15) is 4.79 Å². The minimum Gasteiger partial charge on any atom is -0.497 e. The molecule has 188 valence electrons. The Balaban J connectivity index is 2.02. The molecule has 0 radical (unpaired) electrons. The van der Waals surface area contributed by atoms with E-state index in [1.54, 1.807) is 51.9 Å². The Morgan fingerprint density at radius 3 is 2.47 bits per heavy atom. The topological polar surface area (TPSA) is 106 Å². The van der Waals surface area contributed by atoms with E-state index in [0.717, 1.165) is 23.3 Å². The molecule has 3 aromatic rings. The average molecular weight is 489 g/mol. The average Bonchev–Trinajstić information content (AvgIpc) is 2.93. The quantitative estimate of drug-likeness (QED) is 0.318. The summed E-state index contributed by atoms with van der Waals surface area (Å²) < 4.78 is 15.9. The largest absolute Gasteiger partial charge is 0.497 e. The van der Waals surface area contributed by atoms with Crippen molar-refractivity contribution >= 4 is 22.8 Å². The number of aromatic nitrogens is 1. The van der Waals surface area contributed by atoms with E-state index in [1.807, 2.05) is 43.3 Å². The molecule has 0 amide bonds. The van der Waals surface area contributed by atoms with Gasteiger partial charge in [0.15, 0.2) is 0 Å². The van der Waals surface area contributed by atoms with Crippen molar-refractivity contribution < 1.29 is 19.0 Å². The fourth-order valence-corrected chi connectivity index (χ4v) is 3.81. The minimum atomic E-state index is -0.868. The molecule has 0 saturated carbocycles. The number of Topliss-reactive ketones (excluding diaryl/α,β-unsaturated/α-hetero) is 1. The zero-order valence-electron chi connectivity index (χ0n) is 21.2. The second-order valence-electron chi connectivity index (χ2n) is 7.91. The van der Waals surface area contributed by atoms with Crippen LogP contribution in [0.2, 0.25) is 0 Å². The van der Waals surface area contributed by atoms with Crippen LogP contribution in [0, 0.1) is 5.41 Å². The lowest BCUT2D eigenvalue weighted by Gasteiger charge is -2.21. The number of benzene rings is 2. The maximum absolute atomic E-state index is 13.9. The van der Waals surface area contributed by atoms with Gasteiger partial charge < -0.3 is 24.8 Å². The fraction of sp³-hybridized carbons (Fsp3) is 0.250. The first-order valence-electron chi connectivity index (χ1n) is 11.5. The molecule has 2 aromatic carbocycles. The van der Waals surface area contributed by atoms with E-state index in [2.05, 4.69) is 15.6 Å². The van der Waals surface area contributed by atoms with E-state index in [1.165, 1.54) is 7.11 Å². The number of nitrogens with one attached hydrogen (secondary N) is 3. The number of ketones is 1. The number of methoxy groups -OCH3 is 3. The molecular weight excluding hydrogens is 456 g/mol. The molecule has 8 heteroatoms. The molecule has 0 saturated heterocycles. The summed E-state index contributed by atoms with van der Waals surface area (Å²) in [6.45, 7) is 2.03. The van der Waals surface area contributed by atoms with Crippen LogP contribution in [-0.4, -0.2) is 44.9 Å². The van der Waals surface area contributed by atoms with Crippen LogP contribution in [0.15, 0.2) is 67.0 Å². The number of hydrogen-bond acceptors (Lipinski definition) is 8. The Bertz CT molecular complexity index is 1240. The Labute approximate surface area is 211 Å². The Morgan fingerprint density at radius 1 is 1.06 bits per heavy atom. The third-order valence-electron chi connectivity index (χ3n) is 5.72. The monoisotopic (exact) mass is 488 g/mol. The van der Waals surface area contributed by atoms with E-state index in [-0.39, 0.29) is 5.71 Å². The van der Waals surface area contributed by atoms with Gasteiger partial charge in [0.05, 0.1) is 21.3 Å². The third kappa shape index (κ3) is 6.02. The van der Waals surface area contributed by atoms with E-state index < -0.39 is 11.8 Å². The highest BCUT2D eigenvalue weighted by molar-refractivity contribution is 6.56. The van der Waals surface area contributed by atoms with E-state index in [4.69, 9.17) is 19.6 Å². The second kappa shape index (κ2) is 12.4. The summed E-state index contributed by atoms with van der Waals surface area (Å²) in [5.74, 6) is 1.43. The van der Waals surface area contributed by atoms with Crippen LogP contribution < -0.4 is 24.8 Å². The number of allylic oxidation sites excluding steroid dienone is 1. The molecule has 8 nitrogen and oxygen atoms in total. The summed E-state index contributed by atoms with van der Waals surface area (Å²) in [5, 5.41) is 15.2. The highest BCUT2D eigenvalue weighted by Gasteiger charge is 2.28. The number of carbonyl (C=O) groups is 1. The smallest absolute Gasteiger partial charge is 0.212 e. The fourth-order valence-electron chi connectivity index (χ4n) is 3.81. The van der Waals surface area contributed by atoms with Crippen molar-refractivity contribution in [3.05, 3.63) is 83.7 Å². The van der Waals surface area contributed by atoms with Gasteiger partial charge in [-0.15, -0.1) is 0 Å². The standard InChI is InChI=1S/C28H32N4O4/c1-6-18-14-19(10-12-24(18)35-4)23(17-30-2)26(29)28(33)27(20-11-13-25(36-5)31-16-20)32-21-8-7-9-22(15-21)34-3/h7-17,27,29-30,32H,6H2,1-5H3/b23-17-,29-26?. The SMILES string of the molecule is CCc1cc(/C(=C/NC)C(=N)C(=O)C(Nc2cccc(OC)c2)c2ccc(OC)nc2)ccc1OC. The number of pyridine rings is 1. The molecule has 1 atom stereocenters. The summed E-state index contributed by atoms with van der Waals surface area (Å²) in [7, 11) is 6.48. The van der Waals surface area contributed by atoms with Gasteiger partial charge in [-0.25, -0.2) is 4.98 Å². The predicted molar refractivity (Wildman–Crippen MR) is 142 cm³/mol. The number of rotatable bonds is 12. The summed E-state index contributed by atoms with van der Waals surface area (Å²) >= 11 is 0. The summed E-state index contributed by atoms with van der Waals surface area (Å²) in [6.07, 6.45) is 3.99. The molecule has 0 aliphatic rings. The molecule has 3 rings (SSSR count). The first-order chi connectivity index (χ1) is 17.4. The Kier molecular flexibility index (Phi) is 9.05. The number of hydrogen-bond donors (Lipinski definition) is 3. The van der Waals surface area contributed by atoms with Gasteiger partial charge in [0.1, 0.15) is 23.3 Å². The molecule has 1 aromatic heterocycles. The number of ether oxygens (including phenoxy) is 3. The van der Waals surface area contributed by atoms with Crippen LogP contribution in [0.4, 0.5) is 5.69 Å². The van der Waals surface area contributed by atoms with Gasteiger partial charge in [-0.3, -0.25) is 10.2 Å².